The van der Waals surface area contributed by atoms with E-state index in [1.807, 2.05) is 30.3 Å². The SMILES string of the molecule is COc1ccc(C2=NN(c3ccccc3)[C@@H]([C@]3(C)CO3)C2)cc1. The van der Waals surface area contributed by atoms with Gasteiger partial charge in [0.1, 0.15) is 11.4 Å². The number of ether oxygens (including phenoxy) is 2. The highest BCUT2D eigenvalue weighted by Crippen LogP contribution is 2.41. The molecule has 0 aliphatic carbocycles. The number of methoxy groups -OCH3 is 1. The first kappa shape index (κ1) is 14.3. The molecule has 2 aromatic rings. The van der Waals surface area contributed by atoms with Crippen molar-refractivity contribution in [3.8, 4) is 5.75 Å². The summed E-state index contributed by atoms with van der Waals surface area (Å²) in [5, 5.41) is 7.02. The second-order valence-corrected chi connectivity index (χ2v) is 6.28. The summed E-state index contributed by atoms with van der Waals surface area (Å²) in [6.45, 7) is 2.96. The number of hydrogen-bond acceptors (Lipinski definition) is 4. The zero-order chi connectivity index (χ0) is 15.9. The lowest BCUT2D eigenvalue weighted by molar-refractivity contribution is 0.282. The van der Waals surface area contributed by atoms with Crippen LogP contribution in [-0.2, 0) is 4.74 Å². The fourth-order valence-electron chi connectivity index (χ4n) is 3.07. The third-order valence-corrected chi connectivity index (χ3v) is 4.66. The van der Waals surface area contributed by atoms with Crippen LogP contribution in [0.15, 0.2) is 59.7 Å². The van der Waals surface area contributed by atoms with Gasteiger partial charge in [-0.25, -0.2) is 0 Å². The molecule has 23 heavy (non-hydrogen) atoms. The standard InChI is InChI=1S/C19H20N2O2/c1-19(13-23-19)18-12-17(14-8-10-16(22-2)11-9-14)20-21(18)15-6-4-3-5-7-15/h3-11,18H,12-13H2,1-2H3/t18-,19+/m1/s1. The lowest BCUT2D eigenvalue weighted by atomic mass is 9.95. The topological polar surface area (TPSA) is 37.4 Å². The Kier molecular flexibility index (Phi) is 3.34. The Labute approximate surface area is 136 Å². The molecular weight excluding hydrogens is 288 g/mol. The maximum atomic E-state index is 5.72. The van der Waals surface area contributed by atoms with E-state index in [4.69, 9.17) is 14.6 Å². The van der Waals surface area contributed by atoms with Crippen molar-refractivity contribution >= 4 is 11.4 Å². The molecule has 118 valence electrons. The van der Waals surface area contributed by atoms with E-state index >= 15 is 0 Å². The summed E-state index contributed by atoms with van der Waals surface area (Å²) in [5.74, 6) is 0.862. The number of hydrogen-bond donors (Lipinski definition) is 0. The van der Waals surface area contributed by atoms with Crippen LogP contribution in [0.25, 0.3) is 0 Å². The highest BCUT2D eigenvalue weighted by molar-refractivity contribution is 6.03. The Morgan fingerprint density at radius 2 is 1.83 bits per heavy atom. The maximum absolute atomic E-state index is 5.72. The van der Waals surface area contributed by atoms with E-state index in [1.54, 1.807) is 7.11 Å². The van der Waals surface area contributed by atoms with Gasteiger partial charge in [-0.05, 0) is 48.9 Å². The first-order valence-electron chi connectivity index (χ1n) is 7.90. The predicted octanol–water partition coefficient (Wildman–Crippen LogP) is 3.47. The van der Waals surface area contributed by atoms with Gasteiger partial charge in [-0.2, -0.15) is 5.10 Å². The third kappa shape index (κ3) is 2.59. The predicted molar refractivity (Wildman–Crippen MR) is 91.2 cm³/mol. The van der Waals surface area contributed by atoms with Gasteiger partial charge in [-0.1, -0.05) is 18.2 Å². The number of epoxide rings is 1. The molecule has 2 atom stereocenters. The molecule has 2 aliphatic heterocycles. The van der Waals surface area contributed by atoms with Gasteiger partial charge >= 0.3 is 0 Å². The average Bonchev–Trinajstić information content (AvgIpc) is 3.19. The Balaban J connectivity index is 1.68. The van der Waals surface area contributed by atoms with Gasteiger partial charge in [0.05, 0.1) is 31.2 Å². The smallest absolute Gasteiger partial charge is 0.118 e. The Morgan fingerprint density at radius 3 is 2.43 bits per heavy atom. The molecule has 0 unspecified atom stereocenters. The van der Waals surface area contributed by atoms with Gasteiger partial charge in [0, 0.05) is 6.42 Å². The minimum Gasteiger partial charge on any atom is -0.497 e. The zero-order valence-corrected chi connectivity index (χ0v) is 13.4. The lowest BCUT2D eigenvalue weighted by Gasteiger charge is -2.26. The molecule has 0 aromatic heterocycles. The molecule has 4 rings (SSSR count). The van der Waals surface area contributed by atoms with Crippen LogP contribution in [0, 0.1) is 0 Å². The molecule has 2 aliphatic rings. The van der Waals surface area contributed by atoms with E-state index in [0.29, 0.717) is 0 Å². The first-order chi connectivity index (χ1) is 11.2. The minimum absolute atomic E-state index is 0.104. The van der Waals surface area contributed by atoms with Gasteiger partial charge in [-0.15, -0.1) is 0 Å². The summed E-state index contributed by atoms with van der Waals surface area (Å²) in [7, 11) is 1.68. The Bertz CT molecular complexity index is 721. The minimum atomic E-state index is -0.104. The summed E-state index contributed by atoms with van der Waals surface area (Å²) in [6.07, 6.45) is 0.887. The monoisotopic (exact) mass is 308 g/mol. The number of benzene rings is 2. The molecule has 2 aromatic carbocycles. The molecule has 4 heteroatoms. The molecule has 4 nitrogen and oxygen atoms in total. The van der Waals surface area contributed by atoms with Gasteiger partial charge in [-0.3, -0.25) is 5.01 Å². The van der Waals surface area contributed by atoms with Crippen LogP contribution >= 0.6 is 0 Å². The van der Waals surface area contributed by atoms with Gasteiger partial charge in [0.25, 0.3) is 0 Å². The highest BCUT2D eigenvalue weighted by Gasteiger charge is 2.52. The molecule has 0 radical (unpaired) electrons. The molecule has 1 saturated heterocycles. The van der Waals surface area contributed by atoms with E-state index in [2.05, 4.69) is 36.2 Å². The highest BCUT2D eigenvalue weighted by atomic mass is 16.6. The Hall–Kier alpha value is -2.33. The van der Waals surface area contributed by atoms with Crippen LogP contribution in [-0.4, -0.2) is 31.1 Å². The summed E-state index contributed by atoms with van der Waals surface area (Å²) >= 11 is 0. The summed E-state index contributed by atoms with van der Waals surface area (Å²) in [5.41, 5.74) is 3.24. The second-order valence-electron chi connectivity index (χ2n) is 6.28. The van der Waals surface area contributed by atoms with Crippen molar-refractivity contribution in [2.24, 2.45) is 5.10 Å². The fourth-order valence-corrected chi connectivity index (χ4v) is 3.07. The number of rotatable bonds is 4. The molecule has 1 fully saturated rings. The molecular formula is C19H20N2O2. The second kappa shape index (κ2) is 5.39. The lowest BCUT2D eigenvalue weighted by Crippen LogP contribution is -2.38. The van der Waals surface area contributed by atoms with Crippen molar-refractivity contribution in [1.29, 1.82) is 0 Å². The zero-order valence-electron chi connectivity index (χ0n) is 13.4. The van der Waals surface area contributed by atoms with E-state index in [0.717, 1.165) is 35.7 Å². The molecule has 2 heterocycles. The van der Waals surface area contributed by atoms with Crippen molar-refractivity contribution in [1.82, 2.24) is 0 Å². The fraction of sp³-hybridized carbons (Fsp3) is 0.316. The summed E-state index contributed by atoms with van der Waals surface area (Å²) in [6, 6.07) is 18.6. The number of para-hydroxylation sites is 1. The van der Waals surface area contributed by atoms with E-state index in [1.165, 1.54) is 0 Å². The number of hydrazone groups is 1. The third-order valence-electron chi connectivity index (χ3n) is 4.66. The van der Waals surface area contributed by atoms with Crippen LogP contribution in [0.3, 0.4) is 0 Å². The van der Waals surface area contributed by atoms with E-state index in [9.17, 15) is 0 Å². The van der Waals surface area contributed by atoms with Crippen molar-refractivity contribution in [3.63, 3.8) is 0 Å². The van der Waals surface area contributed by atoms with Crippen LogP contribution in [0.5, 0.6) is 5.75 Å². The van der Waals surface area contributed by atoms with Crippen molar-refractivity contribution in [2.45, 2.75) is 25.0 Å². The Morgan fingerprint density at radius 1 is 1.13 bits per heavy atom. The van der Waals surface area contributed by atoms with Crippen LogP contribution in [0.1, 0.15) is 18.9 Å². The maximum Gasteiger partial charge on any atom is 0.118 e. The van der Waals surface area contributed by atoms with Crippen molar-refractivity contribution < 1.29 is 9.47 Å². The quantitative estimate of drug-likeness (QED) is 0.812. The normalized spacial score (nSPS) is 26.1. The van der Waals surface area contributed by atoms with E-state index < -0.39 is 0 Å². The van der Waals surface area contributed by atoms with Gasteiger partial charge in [0.2, 0.25) is 0 Å². The van der Waals surface area contributed by atoms with Crippen LogP contribution in [0.2, 0.25) is 0 Å². The van der Waals surface area contributed by atoms with E-state index in [-0.39, 0.29) is 11.6 Å². The molecule has 0 N–H and O–H groups in total. The number of nitrogens with zero attached hydrogens (tertiary/aromatic N) is 2. The average molecular weight is 308 g/mol. The van der Waals surface area contributed by atoms with Crippen LogP contribution in [0.4, 0.5) is 5.69 Å². The first-order valence-corrected chi connectivity index (χ1v) is 7.90. The molecule has 0 saturated carbocycles. The molecule has 0 amide bonds. The van der Waals surface area contributed by atoms with Crippen LogP contribution < -0.4 is 9.75 Å². The number of anilines is 1. The summed E-state index contributed by atoms with van der Waals surface area (Å²) in [4.78, 5) is 0. The molecule has 0 bridgehead atoms. The summed E-state index contributed by atoms with van der Waals surface area (Å²) < 4.78 is 11.0. The van der Waals surface area contributed by atoms with Gasteiger partial charge in [0.15, 0.2) is 0 Å². The van der Waals surface area contributed by atoms with Gasteiger partial charge < -0.3 is 9.47 Å². The van der Waals surface area contributed by atoms with Crippen molar-refractivity contribution in [3.05, 3.63) is 60.2 Å². The molecule has 0 spiro atoms. The largest absolute Gasteiger partial charge is 0.497 e. The van der Waals surface area contributed by atoms with Crippen molar-refractivity contribution in [2.75, 3.05) is 18.7 Å².